The minimum Gasteiger partial charge on any atom is -0.496 e. The maximum absolute atomic E-state index is 6.37. The third-order valence-electron chi connectivity index (χ3n) is 2.84. The van der Waals surface area contributed by atoms with Crippen molar-refractivity contribution in [3.63, 3.8) is 0 Å². The zero-order valence-electron chi connectivity index (χ0n) is 10.9. The topological polar surface area (TPSA) is 9.23 Å². The number of aryl methyl sites for hydroxylation is 1. The van der Waals surface area contributed by atoms with E-state index in [0.717, 1.165) is 23.1 Å². The Morgan fingerprint density at radius 3 is 2.47 bits per heavy atom. The molecule has 0 radical (unpaired) electrons. The fraction of sp³-hybridized carbons (Fsp3) is 0.571. The molecule has 0 bridgehead atoms. The number of ether oxygens (including phenoxy) is 1. The average Bonchev–Trinajstić information content (AvgIpc) is 2.24. The Bertz CT molecular complexity index is 371. The maximum atomic E-state index is 6.37. The van der Waals surface area contributed by atoms with Crippen LogP contribution in [0.1, 0.15) is 32.8 Å². The van der Waals surface area contributed by atoms with Gasteiger partial charge in [-0.15, -0.1) is 11.6 Å². The number of alkyl halides is 1. The molecule has 1 unspecified atom stereocenters. The Morgan fingerprint density at radius 1 is 1.35 bits per heavy atom. The molecule has 0 aromatic heterocycles. The number of hydrogen-bond donors (Lipinski definition) is 0. The fourth-order valence-electron chi connectivity index (χ4n) is 1.59. The van der Waals surface area contributed by atoms with E-state index < -0.39 is 0 Å². The molecule has 0 amide bonds. The minimum absolute atomic E-state index is 0.158. The summed E-state index contributed by atoms with van der Waals surface area (Å²) in [4.78, 5) is 0. The predicted molar refractivity (Wildman–Crippen MR) is 78.1 cm³/mol. The Morgan fingerprint density at radius 2 is 2.00 bits per heavy atom. The van der Waals surface area contributed by atoms with Gasteiger partial charge in [0.1, 0.15) is 5.75 Å². The molecule has 0 fully saturated rings. The summed E-state index contributed by atoms with van der Waals surface area (Å²) in [5.41, 5.74) is 1.44. The van der Waals surface area contributed by atoms with Gasteiger partial charge in [-0.05, 0) is 51.9 Å². The lowest BCUT2D eigenvalue weighted by atomic mass is 9.88. The van der Waals surface area contributed by atoms with Gasteiger partial charge in [0.05, 0.1) is 11.6 Å². The van der Waals surface area contributed by atoms with Crippen LogP contribution in [0.15, 0.2) is 22.7 Å². The van der Waals surface area contributed by atoms with Crippen molar-refractivity contribution < 1.29 is 4.74 Å². The standard InChI is InChI=1S/C14H20BrClO/c1-14(2,3)13(16)8-6-10-5-7-12(17-4)11(15)9-10/h5,7,9,13H,6,8H2,1-4H3. The number of benzene rings is 1. The van der Waals surface area contributed by atoms with Gasteiger partial charge >= 0.3 is 0 Å². The van der Waals surface area contributed by atoms with E-state index >= 15 is 0 Å². The fourth-order valence-corrected chi connectivity index (χ4v) is 2.29. The lowest BCUT2D eigenvalue weighted by molar-refractivity contribution is 0.374. The molecule has 0 spiro atoms. The molecule has 1 rings (SSSR count). The highest BCUT2D eigenvalue weighted by molar-refractivity contribution is 9.10. The van der Waals surface area contributed by atoms with E-state index in [1.54, 1.807) is 7.11 Å². The number of rotatable bonds is 4. The van der Waals surface area contributed by atoms with Crippen molar-refractivity contribution in [3.05, 3.63) is 28.2 Å². The SMILES string of the molecule is COc1ccc(CCC(Cl)C(C)(C)C)cc1Br. The summed E-state index contributed by atoms with van der Waals surface area (Å²) >= 11 is 9.86. The lowest BCUT2D eigenvalue weighted by Crippen LogP contribution is -2.21. The largest absolute Gasteiger partial charge is 0.496 e. The number of halogens is 2. The molecule has 0 aliphatic rings. The molecule has 0 aliphatic carbocycles. The molecule has 0 aliphatic heterocycles. The van der Waals surface area contributed by atoms with E-state index in [0.29, 0.717) is 0 Å². The summed E-state index contributed by atoms with van der Waals surface area (Å²) in [6.07, 6.45) is 1.98. The van der Waals surface area contributed by atoms with Gasteiger partial charge in [-0.2, -0.15) is 0 Å². The van der Waals surface area contributed by atoms with Gasteiger partial charge < -0.3 is 4.74 Å². The third kappa shape index (κ3) is 4.51. The first-order valence-corrected chi connectivity index (χ1v) is 7.04. The first-order chi connectivity index (χ1) is 7.84. The van der Waals surface area contributed by atoms with Crippen LogP contribution >= 0.6 is 27.5 Å². The van der Waals surface area contributed by atoms with Gasteiger partial charge in [0.25, 0.3) is 0 Å². The summed E-state index contributed by atoms with van der Waals surface area (Å²) in [5.74, 6) is 0.868. The molecule has 96 valence electrons. The van der Waals surface area contributed by atoms with Crippen LogP contribution in [0.5, 0.6) is 5.75 Å². The van der Waals surface area contributed by atoms with Gasteiger partial charge in [0, 0.05) is 5.38 Å². The van der Waals surface area contributed by atoms with Crippen LogP contribution in [-0.2, 0) is 6.42 Å². The Hall–Kier alpha value is -0.210. The van der Waals surface area contributed by atoms with Crippen LogP contribution < -0.4 is 4.74 Å². The molecule has 17 heavy (non-hydrogen) atoms. The third-order valence-corrected chi connectivity index (χ3v) is 4.33. The van der Waals surface area contributed by atoms with Gasteiger partial charge in [0.2, 0.25) is 0 Å². The molecule has 1 atom stereocenters. The highest BCUT2D eigenvalue weighted by Crippen LogP contribution is 2.30. The Labute approximate surface area is 118 Å². The molecular weight excluding hydrogens is 300 g/mol. The lowest BCUT2D eigenvalue weighted by Gasteiger charge is -2.25. The Balaban J connectivity index is 2.61. The highest BCUT2D eigenvalue weighted by atomic mass is 79.9. The summed E-state index contributed by atoms with van der Waals surface area (Å²) in [6, 6.07) is 6.18. The van der Waals surface area contributed by atoms with Crippen molar-refractivity contribution in [2.24, 2.45) is 5.41 Å². The van der Waals surface area contributed by atoms with Crippen LogP contribution in [0.2, 0.25) is 0 Å². The van der Waals surface area contributed by atoms with Crippen molar-refractivity contribution in [1.82, 2.24) is 0 Å². The second-order valence-electron chi connectivity index (χ2n) is 5.34. The normalized spacial score (nSPS) is 13.5. The summed E-state index contributed by atoms with van der Waals surface area (Å²) < 4.78 is 6.21. The second kappa shape index (κ2) is 6.10. The van der Waals surface area contributed by atoms with Crippen molar-refractivity contribution in [2.75, 3.05) is 7.11 Å². The zero-order chi connectivity index (χ0) is 13.1. The van der Waals surface area contributed by atoms with E-state index in [9.17, 15) is 0 Å². The first-order valence-electron chi connectivity index (χ1n) is 5.81. The van der Waals surface area contributed by atoms with Crippen LogP contribution in [-0.4, -0.2) is 12.5 Å². The number of hydrogen-bond acceptors (Lipinski definition) is 1. The van der Waals surface area contributed by atoms with Crippen LogP contribution in [0.4, 0.5) is 0 Å². The maximum Gasteiger partial charge on any atom is 0.133 e. The van der Waals surface area contributed by atoms with E-state index in [-0.39, 0.29) is 10.8 Å². The van der Waals surface area contributed by atoms with Gasteiger partial charge in [-0.25, -0.2) is 0 Å². The molecule has 0 N–H and O–H groups in total. The van der Waals surface area contributed by atoms with Crippen molar-refractivity contribution >= 4 is 27.5 Å². The molecule has 0 saturated heterocycles. The van der Waals surface area contributed by atoms with Crippen LogP contribution in [0.3, 0.4) is 0 Å². The molecular formula is C14H20BrClO. The average molecular weight is 320 g/mol. The molecule has 1 aromatic rings. The monoisotopic (exact) mass is 318 g/mol. The first kappa shape index (κ1) is 14.8. The smallest absolute Gasteiger partial charge is 0.133 e. The quantitative estimate of drug-likeness (QED) is 0.706. The van der Waals surface area contributed by atoms with E-state index in [1.807, 2.05) is 6.07 Å². The second-order valence-corrected chi connectivity index (χ2v) is 6.72. The highest BCUT2D eigenvalue weighted by Gasteiger charge is 2.21. The summed E-state index contributed by atoms with van der Waals surface area (Å²) in [7, 11) is 1.67. The number of methoxy groups -OCH3 is 1. The molecule has 1 aromatic carbocycles. The van der Waals surface area contributed by atoms with Gasteiger partial charge in [0.15, 0.2) is 0 Å². The molecule has 3 heteroatoms. The van der Waals surface area contributed by atoms with Crippen LogP contribution in [0.25, 0.3) is 0 Å². The molecule has 0 heterocycles. The Kier molecular flexibility index (Phi) is 5.33. The zero-order valence-corrected chi connectivity index (χ0v) is 13.2. The van der Waals surface area contributed by atoms with E-state index in [4.69, 9.17) is 16.3 Å². The minimum atomic E-state index is 0.158. The van der Waals surface area contributed by atoms with Crippen LogP contribution in [0, 0.1) is 5.41 Å². The van der Waals surface area contributed by atoms with Crippen molar-refractivity contribution in [1.29, 1.82) is 0 Å². The van der Waals surface area contributed by atoms with Crippen molar-refractivity contribution in [3.8, 4) is 5.75 Å². The van der Waals surface area contributed by atoms with Crippen molar-refractivity contribution in [2.45, 2.75) is 39.0 Å². The summed E-state index contributed by atoms with van der Waals surface area (Å²) in [6.45, 7) is 6.53. The van der Waals surface area contributed by atoms with E-state index in [1.165, 1.54) is 5.56 Å². The van der Waals surface area contributed by atoms with Gasteiger partial charge in [-0.1, -0.05) is 26.8 Å². The van der Waals surface area contributed by atoms with Gasteiger partial charge in [-0.3, -0.25) is 0 Å². The summed E-state index contributed by atoms with van der Waals surface area (Å²) in [5, 5.41) is 0.198. The predicted octanol–water partition coefficient (Wildman–Crippen LogP) is 5.04. The molecule has 1 nitrogen and oxygen atoms in total. The van der Waals surface area contributed by atoms with E-state index in [2.05, 4.69) is 48.8 Å². The molecule has 0 saturated carbocycles.